The van der Waals surface area contributed by atoms with Crippen LogP contribution >= 0.6 is 0 Å². The number of ether oxygens (including phenoxy) is 1. The Morgan fingerprint density at radius 1 is 0.973 bits per heavy atom. The number of aromatic nitrogens is 1. The monoisotopic (exact) mass is 493 g/mol. The highest BCUT2D eigenvalue weighted by Gasteiger charge is 2.20. The van der Waals surface area contributed by atoms with Crippen molar-refractivity contribution in [1.82, 2.24) is 10.3 Å². The number of hydrogen-bond acceptors (Lipinski definition) is 5. The molecule has 6 aromatic rings. The largest absolute Gasteiger partial charge is 0.497 e. The van der Waals surface area contributed by atoms with Crippen molar-refractivity contribution in [2.75, 3.05) is 12.8 Å². The van der Waals surface area contributed by atoms with E-state index in [0.717, 1.165) is 49.5 Å². The number of nitrogens with two attached hydrogens (primary N) is 1. The molecule has 0 unspecified atom stereocenters. The van der Waals surface area contributed by atoms with Crippen LogP contribution in [0.25, 0.3) is 43.8 Å². The number of methoxy groups -OCH3 is 1. The second-order valence-electron chi connectivity index (χ2n) is 9.24. The van der Waals surface area contributed by atoms with Crippen molar-refractivity contribution in [3.8, 4) is 16.9 Å². The third kappa shape index (κ3) is 3.71. The average Bonchev–Trinajstić information content (AvgIpc) is 3.44. The lowest BCUT2D eigenvalue weighted by molar-refractivity contribution is 0.0951. The number of benzene rings is 4. The maximum atomic E-state index is 14.7. The first-order valence-electron chi connectivity index (χ1n) is 11.9. The van der Waals surface area contributed by atoms with Crippen LogP contribution in [0.5, 0.6) is 5.75 Å². The molecule has 6 nitrogen and oxygen atoms in total. The Kier molecular flexibility index (Phi) is 5.22. The van der Waals surface area contributed by atoms with Crippen molar-refractivity contribution in [3.05, 3.63) is 88.9 Å². The zero-order valence-corrected chi connectivity index (χ0v) is 20.6. The lowest BCUT2D eigenvalue weighted by Gasteiger charge is -2.11. The fourth-order valence-electron chi connectivity index (χ4n) is 5.06. The summed E-state index contributed by atoms with van der Waals surface area (Å²) in [6, 6.07) is 17.9. The molecule has 3 aromatic carbocycles. The van der Waals surface area contributed by atoms with Gasteiger partial charge < -0.3 is 20.2 Å². The maximum Gasteiger partial charge on any atom is 0.251 e. The summed E-state index contributed by atoms with van der Waals surface area (Å²) in [5.74, 6) is 0.406. The van der Waals surface area contributed by atoms with Crippen molar-refractivity contribution < 1.29 is 18.3 Å². The van der Waals surface area contributed by atoms with E-state index < -0.39 is 0 Å². The quantitative estimate of drug-likeness (QED) is 0.267. The molecule has 6 rings (SSSR count). The second kappa shape index (κ2) is 8.48. The van der Waals surface area contributed by atoms with Gasteiger partial charge in [0.25, 0.3) is 5.91 Å². The van der Waals surface area contributed by atoms with Crippen LogP contribution < -0.4 is 15.8 Å². The molecule has 0 aliphatic carbocycles. The van der Waals surface area contributed by atoms with Crippen molar-refractivity contribution in [1.29, 1.82) is 0 Å². The van der Waals surface area contributed by atoms with Gasteiger partial charge in [0.05, 0.1) is 7.11 Å². The van der Waals surface area contributed by atoms with Gasteiger partial charge in [0, 0.05) is 51.0 Å². The summed E-state index contributed by atoms with van der Waals surface area (Å²) in [5, 5.41) is 6.62. The summed E-state index contributed by atoms with van der Waals surface area (Å²) >= 11 is 0. The summed E-state index contributed by atoms with van der Waals surface area (Å²) < 4.78 is 25.9. The fourth-order valence-corrected chi connectivity index (χ4v) is 5.06. The van der Waals surface area contributed by atoms with E-state index in [0.29, 0.717) is 34.8 Å². The number of anilines is 1. The first-order chi connectivity index (χ1) is 17.8. The number of rotatable bonds is 5. The lowest BCUT2D eigenvalue weighted by Crippen LogP contribution is -2.24. The van der Waals surface area contributed by atoms with Crippen LogP contribution in [0.1, 0.15) is 27.2 Å². The normalized spacial score (nSPS) is 11.6. The molecule has 3 aromatic heterocycles. The van der Waals surface area contributed by atoms with E-state index in [9.17, 15) is 9.18 Å². The number of hydrogen-bond donors (Lipinski definition) is 2. The minimum absolute atomic E-state index is 0.183. The predicted octanol–water partition coefficient (Wildman–Crippen LogP) is 6.52. The highest BCUT2D eigenvalue weighted by molar-refractivity contribution is 6.26. The van der Waals surface area contributed by atoms with Gasteiger partial charge in [-0.05, 0) is 79.1 Å². The van der Waals surface area contributed by atoms with Crippen molar-refractivity contribution in [3.63, 3.8) is 0 Å². The van der Waals surface area contributed by atoms with Crippen LogP contribution in [0.3, 0.4) is 0 Å². The Morgan fingerprint density at radius 2 is 1.70 bits per heavy atom. The Balaban J connectivity index is 1.33. The number of nitrogens with zero attached hydrogens (tertiary/aromatic N) is 1. The van der Waals surface area contributed by atoms with E-state index in [1.54, 1.807) is 24.3 Å². The van der Waals surface area contributed by atoms with E-state index in [4.69, 9.17) is 14.9 Å². The molecule has 0 atom stereocenters. The summed E-state index contributed by atoms with van der Waals surface area (Å²) in [6.07, 6.45) is 0. The molecular weight excluding hydrogens is 469 g/mol. The molecule has 2 bridgehead atoms. The first-order valence-corrected chi connectivity index (χ1v) is 11.9. The molecule has 0 saturated carbocycles. The number of aryl methyl sites for hydroxylation is 2. The number of halogens is 1. The van der Waals surface area contributed by atoms with Gasteiger partial charge in [0.1, 0.15) is 28.6 Å². The molecule has 0 aliphatic rings. The molecule has 3 N–H and O–H groups in total. The molecule has 0 fully saturated rings. The van der Waals surface area contributed by atoms with Gasteiger partial charge in [-0.2, -0.15) is 0 Å². The topological polar surface area (TPSA) is 90.4 Å². The number of furan rings is 2. The van der Waals surface area contributed by atoms with E-state index >= 15 is 0 Å². The Hall–Kier alpha value is -4.65. The maximum absolute atomic E-state index is 14.7. The molecule has 7 heteroatoms. The lowest BCUT2D eigenvalue weighted by atomic mass is 9.97. The SMILES string of the molecule is COc1ccc(-c2ccc3c(c2)c2oc3c3cc(C(=O)NCc4c(C)cc(N)nc4C)ccc32)c(F)c1. The highest BCUT2D eigenvalue weighted by atomic mass is 19.1. The number of carbonyl (C=O) groups excluding carboxylic acids is 1. The van der Waals surface area contributed by atoms with E-state index in [1.807, 2.05) is 44.2 Å². The number of fused-ring (bicyclic) bond motifs is 8. The minimum Gasteiger partial charge on any atom is -0.497 e. The van der Waals surface area contributed by atoms with Crippen LogP contribution in [0, 0.1) is 19.7 Å². The average molecular weight is 494 g/mol. The molecule has 3 heterocycles. The van der Waals surface area contributed by atoms with Gasteiger partial charge in [0.2, 0.25) is 0 Å². The second-order valence-corrected chi connectivity index (χ2v) is 9.24. The molecular formula is C30H24FN3O3. The number of nitrogen functional groups attached to an aromatic ring is 1. The van der Waals surface area contributed by atoms with Crippen LogP contribution in [0.2, 0.25) is 0 Å². The molecule has 0 radical (unpaired) electrons. The van der Waals surface area contributed by atoms with Gasteiger partial charge in [-0.1, -0.05) is 6.07 Å². The van der Waals surface area contributed by atoms with Gasteiger partial charge in [0.15, 0.2) is 0 Å². The van der Waals surface area contributed by atoms with Gasteiger partial charge >= 0.3 is 0 Å². The smallest absolute Gasteiger partial charge is 0.251 e. The Bertz CT molecular complexity index is 1820. The molecule has 184 valence electrons. The molecule has 0 spiro atoms. The van der Waals surface area contributed by atoms with Crippen LogP contribution in [-0.4, -0.2) is 18.0 Å². The summed E-state index contributed by atoms with van der Waals surface area (Å²) in [6.45, 7) is 4.20. The highest BCUT2D eigenvalue weighted by Crippen LogP contribution is 2.42. The summed E-state index contributed by atoms with van der Waals surface area (Å²) in [5.41, 5.74) is 11.8. The van der Waals surface area contributed by atoms with E-state index in [2.05, 4.69) is 10.3 Å². The number of amides is 1. The van der Waals surface area contributed by atoms with Crippen LogP contribution in [0.15, 0.2) is 65.1 Å². The van der Waals surface area contributed by atoms with Crippen LogP contribution in [0.4, 0.5) is 10.2 Å². The fraction of sp³-hybridized carbons (Fsp3) is 0.133. The van der Waals surface area contributed by atoms with Crippen LogP contribution in [-0.2, 0) is 6.54 Å². The van der Waals surface area contributed by atoms with Gasteiger partial charge in [-0.25, -0.2) is 9.37 Å². The Morgan fingerprint density at radius 3 is 2.41 bits per heavy atom. The molecule has 37 heavy (non-hydrogen) atoms. The van der Waals surface area contributed by atoms with Crippen molar-refractivity contribution in [2.45, 2.75) is 20.4 Å². The number of pyridine rings is 1. The zero-order chi connectivity index (χ0) is 25.8. The third-order valence-corrected chi connectivity index (χ3v) is 6.97. The summed E-state index contributed by atoms with van der Waals surface area (Å²) in [4.78, 5) is 17.3. The Labute approximate surface area is 212 Å². The van der Waals surface area contributed by atoms with Crippen molar-refractivity contribution in [2.24, 2.45) is 0 Å². The van der Waals surface area contributed by atoms with Gasteiger partial charge in [-0.3, -0.25) is 4.79 Å². The summed E-state index contributed by atoms with van der Waals surface area (Å²) in [7, 11) is 1.51. The van der Waals surface area contributed by atoms with Crippen molar-refractivity contribution >= 4 is 44.4 Å². The minimum atomic E-state index is -0.350. The van der Waals surface area contributed by atoms with Gasteiger partial charge in [-0.15, -0.1) is 0 Å². The first kappa shape index (κ1) is 22.8. The molecule has 0 saturated heterocycles. The van der Waals surface area contributed by atoms with E-state index in [-0.39, 0.29) is 11.7 Å². The molecule has 1 amide bonds. The number of nitrogens with one attached hydrogen (secondary N) is 1. The standard InChI is InChI=1S/C30H24FN3O3/c1-15-10-27(32)34-16(2)25(15)14-33-30(35)18-5-8-22-24(12-18)29-21-7-4-17(11-23(21)28(22)37-29)20-9-6-19(36-3)13-26(20)31/h4-13H,14H2,1-3H3,(H2,32,34)(H,33,35). The molecule has 0 aliphatic heterocycles. The third-order valence-electron chi connectivity index (χ3n) is 6.97. The van der Waals surface area contributed by atoms with E-state index in [1.165, 1.54) is 13.2 Å². The predicted molar refractivity (Wildman–Crippen MR) is 144 cm³/mol. The number of carbonyl (C=O) groups is 1. The zero-order valence-electron chi connectivity index (χ0n) is 20.6.